The molecule has 0 radical (unpaired) electrons. The molecule has 0 aromatic carbocycles. The van der Waals surface area contributed by atoms with Crippen LogP contribution in [0.5, 0.6) is 0 Å². The normalized spacial score (nSPS) is 10.4. The summed E-state index contributed by atoms with van der Waals surface area (Å²) in [6.45, 7) is -0.0897. The quantitative estimate of drug-likeness (QED) is 0.120. The van der Waals surface area contributed by atoms with Crippen molar-refractivity contribution in [2.75, 3.05) is 33.7 Å². The Kier molecular flexibility index (Phi) is 21.6. The zero-order valence-corrected chi connectivity index (χ0v) is 24.3. The van der Waals surface area contributed by atoms with E-state index in [1.807, 2.05) is 0 Å². The minimum atomic E-state index is -0.440. The number of hydrogen-bond donors (Lipinski definition) is 4. The molecular formula is C28H49N5O7. The van der Waals surface area contributed by atoms with Gasteiger partial charge in [-0.1, -0.05) is 19.3 Å². The Balaban J connectivity index is 4.68. The number of nitrogens with zero attached hydrogens (tertiary/aromatic N) is 1. The molecule has 0 aromatic rings. The first-order valence-electron chi connectivity index (χ1n) is 14.4. The predicted molar refractivity (Wildman–Crippen MR) is 151 cm³/mol. The van der Waals surface area contributed by atoms with E-state index in [1.165, 1.54) is 4.90 Å². The molecule has 0 heterocycles. The van der Waals surface area contributed by atoms with Crippen LogP contribution in [0.4, 0.5) is 0 Å². The van der Waals surface area contributed by atoms with Gasteiger partial charge in [-0.15, -0.1) is 0 Å². The monoisotopic (exact) mass is 567 g/mol. The van der Waals surface area contributed by atoms with Gasteiger partial charge in [0.15, 0.2) is 5.78 Å². The van der Waals surface area contributed by atoms with Crippen molar-refractivity contribution in [2.45, 2.75) is 103 Å². The standard InChI is InChI=1S/C28H49N5O7/c1-30-25(37)15-7-4-3-6-13-23(35)20-33(21-27(39)32-19-11-5-8-16-26(38)31-2)28(40)18-17-22(34)12-9-10-14-24(29)36/h3-21H2,1-2H3,(H2,29,36)(H,30,37)(H,31,38)(H,32,39). The molecule has 12 nitrogen and oxygen atoms in total. The molecule has 228 valence electrons. The molecule has 0 fully saturated rings. The van der Waals surface area contributed by atoms with E-state index >= 15 is 0 Å². The van der Waals surface area contributed by atoms with E-state index in [2.05, 4.69) is 16.0 Å². The van der Waals surface area contributed by atoms with Gasteiger partial charge in [0.05, 0.1) is 13.1 Å². The number of rotatable bonds is 25. The number of ketones is 2. The minimum absolute atomic E-state index is 0.00160. The summed E-state index contributed by atoms with van der Waals surface area (Å²) in [7, 11) is 3.17. The highest BCUT2D eigenvalue weighted by Crippen LogP contribution is 2.09. The van der Waals surface area contributed by atoms with Gasteiger partial charge >= 0.3 is 0 Å². The Hall–Kier alpha value is -3.31. The lowest BCUT2D eigenvalue weighted by molar-refractivity contribution is -0.139. The Labute approximate surface area is 237 Å². The largest absolute Gasteiger partial charge is 0.370 e. The van der Waals surface area contributed by atoms with Crippen LogP contribution in [-0.4, -0.2) is 79.7 Å². The van der Waals surface area contributed by atoms with E-state index in [9.17, 15) is 33.6 Å². The molecular weight excluding hydrogens is 518 g/mol. The summed E-state index contributed by atoms with van der Waals surface area (Å²) in [5.74, 6) is -1.59. The fourth-order valence-electron chi connectivity index (χ4n) is 3.93. The Morgan fingerprint density at radius 2 is 1.02 bits per heavy atom. The van der Waals surface area contributed by atoms with Gasteiger partial charge in [0.2, 0.25) is 29.5 Å². The Bertz CT molecular complexity index is 790. The predicted octanol–water partition coefficient (Wildman–Crippen LogP) is 1.29. The van der Waals surface area contributed by atoms with Crippen LogP contribution < -0.4 is 21.7 Å². The maximum atomic E-state index is 12.9. The number of unbranched alkanes of at least 4 members (excludes halogenated alkanes) is 6. The van der Waals surface area contributed by atoms with Crippen molar-refractivity contribution in [3.8, 4) is 0 Å². The molecule has 40 heavy (non-hydrogen) atoms. The molecule has 0 aliphatic heterocycles. The summed E-state index contributed by atoms with van der Waals surface area (Å²) in [4.78, 5) is 84.6. The molecule has 0 saturated carbocycles. The SMILES string of the molecule is CNC(=O)CCCCCCC(=O)CN(CC(=O)NCCCCCC(=O)NC)C(=O)CCC(=O)CCCCC(N)=O. The maximum absolute atomic E-state index is 12.9. The van der Waals surface area contributed by atoms with E-state index in [1.54, 1.807) is 14.1 Å². The van der Waals surface area contributed by atoms with Crippen molar-refractivity contribution < 1.29 is 33.6 Å². The molecule has 0 atom stereocenters. The van der Waals surface area contributed by atoms with Gasteiger partial charge in [0.1, 0.15) is 5.78 Å². The summed E-state index contributed by atoms with van der Waals surface area (Å²) in [6, 6.07) is 0. The van der Waals surface area contributed by atoms with E-state index in [-0.39, 0.29) is 74.5 Å². The first-order chi connectivity index (χ1) is 19.1. The van der Waals surface area contributed by atoms with E-state index in [4.69, 9.17) is 5.73 Å². The maximum Gasteiger partial charge on any atom is 0.239 e. The minimum Gasteiger partial charge on any atom is -0.370 e. The van der Waals surface area contributed by atoms with Crippen molar-refractivity contribution in [3.05, 3.63) is 0 Å². The molecule has 0 rings (SSSR count). The van der Waals surface area contributed by atoms with Crippen molar-refractivity contribution in [2.24, 2.45) is 5.73 Å². The molecule has 0 unspecified atom stereocenters. The van der Waals surface area contributed by atoms with Crippen molar-refractivity contribution in [3.63, 3.8) is 0 Å². The smallest absolute Gasteiger partial charge is 0.239 e. The zero-order valence-electron chi connectivity index (χ0n) is 24.3. The highest BCUT2D eigenvalue weighted by Gasteiger charge is 2.21. The lowest BCUT2D eigenvalue weighted by Crippen LogP contribution is -2.43. The van der Waals surface area contributed by atoms with Crippen LogP contribution in [0.2, 0.25) is 0 Å². The lowest BCUT2D eigenvalue weighted by atomic mass is 10.1. The van der Waals surface area contributed by atoms with Crippen LogP contribution in [0, 0.1) is 0 Å². The number of nitrogens with two attached hydrogens (primary N) is 1. The summed E-state index contributed by atoms with van der Waals surface area (Å²) in [5, 5.41) is 7.87. The lowest BCUT2D eigenvalue weighted by Gasteiger charge is -2.21. The molecule has 0 aromatic heterocycles. The van der Waals surface area contributed by atoms with Gasteiger partial charge in [-0.2, -0.15) is 0 Å². The molecule has 0 aliphatic carbocycles. The third-order valence-corrected chi connectivity index (χ3v) is 6.37. The van der Waals surface area contributed by atoms with Gasteiger partial charge in [0.25, 0.3) is 0 Å². The van der Waals surface area contributed by atoms with E-state index < -0.39 is 11.8 Å². The first kappa shape index (κ1) is 36.7. The average Bonchev–Trinajstić information content (AvgIpc) is 2.92. The molecule has 0 bridgehead atoms. The molecule has 0 aliphatic rings. The molecule has 12 heteroatoms. The fraction of sp³-hybridized carbons (Fsp3) is 0.750. The van der Waals surface area contributed by atoms with Crippen LogP contribution >= 0.6 is 0 Å². The van der Waals surface area contributed by atoms with Gasteiger partial charge in [-0.3, -0.25) is 33.6 Å². The fourth-order valence-corrected chi connectivity index (χ4v) is 3.93. The van der Waals surface area contributed by atoms with Gasteiger partial charge in [-0.05, 0) is 38.5 Å². The second-order valence-electron chi connectivity index (χ2n) is 9.92. The molecule has 5 N–H and O–H groups in total. The average molecular weight is 568 g/mol. The number of primary amides is 1. The second kappa shape index (κ2) is 23.6. The van der Waals surface area contributed by atoms with Crippen LogP contribution in [0.25, 0.3) is 0 Å². The van der Waals surface area contributed by atoms with Crippen molar-refractivity contribution >= 4 is 41.1 Å². The summed E-state index contributed by atoms with van der Waals surface area (Å²) < 4.78 is 0. The summed E-state index contributed by atoms with van der Waals surface area (Å²) >= 11 is 0. The van der Waals surface area contributed by atoms with Gasteiger partial charge < -0.3 is 26.6 Å². The number of amides is 5. The third kappa shape index (κ3) is 21.6. The highest BCUT2D eigenvalue weighted by molar-refractivity contribution is 5.91. The zero-order chi connectivity index (χ0) is 30.2. The van der Waals surface area contributed by atoms with Gasteiger partial charge in [-0.25, -0.2) is 0 Å². The third-order valence-electron chi connectivity index (χ3n) is 6.37. The van der Waals surface area contributed by atoms with Crippen LogP contribution in [0.1, 0.15) is 103 Å². The summed E-state index contributed by atoms with van der Waals surface area (Å²) in [6.07, 6.45) is 7.59. The second-order valence-corrected chi connectivity index (χ2v) is 9.92. The van der Waals surface area contributed by atoms with E-state index in [0.717, 1.165) is 25.7 Å². The van der Waals surface area contributed by atoms with E-state index in [0.29, 0.717) is 51.5 Å². The van der Waals surface area contributed by atoms with Crippen molar-refractivity contribution in [1.29, 1.82) is 0 Å². The number of Topliss-reactive ketones (excluding diaryl/α,β-unsaturated/α-hetero) is 2. The van der Waals surface area contributed by atoms with Crippen molar-refractivity contribution in [1.82, 2.24) is 20.9 Å². The topological polar surface area (TPSA) is 185 Å². The molecule has 5 amide bonds. The van der Waals surface area contributed by atoms with Crippen LogP contribution in [0.15, 0.2) is 0 Å². The van der Waals surface area contributed by atoms with Crippen LogP contribution in [0.3, 0.4) is 0 Å². The number of carbonyl (C=O) groups is 7. The number of hydrogen-bond acceptors (Lipinski definition) is 7. The van der Waals surface area contributed by atoms with Crippen LogP contribution in [-0.2, 0) is 33.6 Å². The molecule has 0 saturated heterocycles. The highest BCUT2D eigenvalue weighted by atomic mass is 16.2. The Morgan fingerprint density at radius 3 is 1.60 bits per heavy atom. The molecule has 0 spiro atoms. The van der Waals surface area contributed by atoms with Gasteiger partial charge in [0, 0.05) is 65.6 Å². The summed E-state index contributed by atoms with van der Waals surface area (Å²) in [5.41, 5.74) is 5.09. The number of carbonyl (C=O) groups excluding carboxylic acids is 7. The number of nitrogens with one attached hydrogen (secondary N) is 3. The first-order valence-corrected chi connectivity index (χ1v) is 14.4. The Morgan fingerprint density at radius 1 is 0.525 bits per heavy atom.